The molecule has 0 amide bonds. The Hall–Kier alpha value is -2.77. The molecule has 0 unspecified atom stereocenters. The average molecular weight is 248 g/mol. The van der Waals surface area contributed by atoms with E-state index in [1.54, 1.807) is 17.0 Å². The van der Waals surface area contributed by atoms with Crippen molar-refractivity contribution in [2.75, 3.05) is 0 Å². The van der Waals surface area contributed by atoms with E-state index in [0.717, 1.165) is 6.07 Å². The molecule has 0 saturated carbocycles. The Morgan fingerprint density at radius 2 is 1.72 bits per heavy atom. The average Bonchev–Trinajstić information content (AvgIpc) is 2.81. The first-order valence-corrected chi connectivity index (χ1v) is 4.95. The van der Waals surface area contributed by atoms with Crippen molar-refractivity contribution in [1.29, 1.82) is 0 Å². The molecule has 92 valence electrons. The molecule has 0 fully saturated rings. The number of nitrogens with zero attached hydrogens (tertiary/aromatic N) is 4. The largest absolute Gasteiger partial charge is 0.333 e. The lowest BCUT2D eigenvalue weighted by Gasteiger charge is -2.02. The predicted molar refractivity (Wildman–Crippen MR) is 61.1 cm³/mol. The van der Waals surface area contributed by atoms with Crippen molar-refractivity contribution in [2.45, 2.75) is 6.54 Å². The first-order valence-electron chi connectivity index (χ1n) is 4.95. The van der Waals surface area contributed by atoms with E-state index >= 15 is 0 Å². The quantitative estimate of drug-likeness (QED) is 0.605. The molecule has 1 aromatic heterocycles. The van der Waals surface area contributed by atoms with Crippen molar-refractivity contribution in [3.8, 4) is 0 Å². The molecular weight excluding hydrogens is 240 g/mol. The number of hydrogen-bond donors (Lipinski definition) is 0. The van der Waals surface area contributed by atoms with E-state index in [9.17, 15) is 20.2 Å². The van der Waals surface area contributed by atoms with Crippen molar-refractivity contribution in [1.82, 2.24) is 9.55 Å². The fraction of sp³-hybridized carbons (Fsp3) is 0.100. The lowest BCUT2D eigenvalue weighted by atomic mass is 10.1. The van der Waals surface area contributed by atoms with Crippen LogP contribution in [0.5, 0.6) is 0 Å². The second-order valence-electron chi connectivity index (χ2n) is 3.61. The molecular formula is C10H8N4O4. The molecule has 8 heteroatoms. The zero-order valence-electron chi connectivity index (χ0n) is 9.09. The van der Waals surface area contributed by atoms with Crippen LogP contribution in [0.15, 0.2) is 36.9 Å². The minimum Gasteiger partial charge on any atom is -0.333 e. The molecule has 0 saturated heterocycles. The van der Waals surface area contributed by atoms with Crippen LogP contribution in [0.1, 0.15) is 5.56 Å². The number of imidazole rings is 1. The number of nitro groups is 2. The minimum atomic E-state index is -0.648. The Balaban J connectivity index is 2.40. The van der Waals surface area contributed by atoms with Gasteiger partial charge < -0.3 is 4.57 Å². The summed E-state index contributed by atoms with van der Waals surface area (Å²) in [6, 6.07) is 3.57. The van der Waals surface area contributed by atoms with Gasteiger partial charge in [0, 0.05) is 31.1 Å². The number of nitro benzene ring substituents is 2. The molecule has 0 N–H and O–H groups in total. The van der Waals surface area contributed by atoms with Gasteiger partial charge >= 0.3 is 0 Å². The molecule has 0 aliphatic carbocycles. The summed E-state index contributed by atoms with van der Waals surface area (Å²) in [5.74, 6) is 0. The lowest BCUT2D eigenvalue weighted by molar-refractivity contribution is -0.394. The van der Waals surface area contributed by atoms with Crippen LogP contribution in [0.25, 0.3) is 0 Å². The summed E-state index contributed by atoms with van der Waals surface area (Å²) < 4.78 is 1.67. The first-order chi connectivity index (χ1) is 8.56. The summed E-state index contributed by atoms with van der Waals surface area (Å²) in [6.45, 7) is 0.294. The zero-order chi connectivity index (χ0) is 13.1. The van der Waals surface area contributed by atoms with Gasteiger partial charge in [-0.25, -0.2) is 4.98 Å². The summed E-state index contributed by atoms with van der Waals surface area (Å²) >= 11 is 0. The van der Waals surface area contributed by atoms with E-state index in [1.807, 2.05) is 0 Å². The topological polar surface area (TPSA) is 104 Å². The fourth-order valence-corrected chi connectivity index (χ4v) is 1.55. The van der Waals surface area contributed by atoms with Crippen LogP contribution in [0.4, 0.5) is 11.4 Å². The van der Waals surface area contributed by atoms with Crippen LogP contribution in [-0.4, -0.2) is 19.4 Å². The van der Waals surface area contributed by atoms with Crippen LogP contribution in [0, 0.1) is 20.2 Å². The van der Waals surface area contributed by atoms with Gasteiger partial charge in [-0.1, -0.05) is 0 Å². The van der Waals surface area contributed by atoms with Gasteiger partial charge in [0.25, 0.3) is 11.4 Å². The van der Waals surface area contributed by atoms with Gasteiger partial charge in [-0.05, 0) is 5.56 Å². The Labute approximate surface area is 101 Å². The molecule has 0 aliphatic heterocycles. The zero-order valence-corrected chi connectivity index (χ0v) is 9.09. The number of non-ortho nitro benzene ring substituents is 2. The molecule has 2 rings (SSSR count). The highest BCUT2D eigenvalue weighted by molar-refractivity contribution is 5.46. The molecule has 1 heterocycles. The number of rotatable bonds is 4. The second-order valence-corrected chi connectivity index (χ2v) is 3.61. The molecule has 0 atom stereocenters. The number of hydrogen-bond acceptors (Lipinski definition) is 5. The number of benzene rings is 1. The summed E-state index contributed by atoms with van der Waals surface area (Å²) in [4.78, 5) is 23.9. The van der Waals surface area contributed by atoms with Crippen molar-refractivity contribution >= 4 is 11.4 Å². The third-order valence-corrected chi connectivity index (χ3v) is 2.31. The Bertz CT molecular complexity index is 562. The standard InChI is InChI=1S/C10H8N4O4/c15-13(16)9-3-8(4-10(5-9)14(17)18)6-12-2-1-11-7-12/h1-5,7H,6H2. The summed E-state index contributed by atoms with van der Waals surface area (Å²) in [7, 11) is 0. The highest BCUT2D eigenvalue weighted by Crippen LogP contribution is 2.23. The molecule has 0 spiro atoms. The SMILES string of the molecule is O=[N+]([O-])c1cc(Cn2ccnc2)cc([N+](=O)[O-])c1. The maximum atomic E-state index is 10.7. The predicted octanol–water partition coefficient (Wildman–Crippen LogP) is 1.75. The van der Waals surface area contributed by atoms with Gasteiger partial charge in [0.15, 0.2) is 0 Å². The molecule has 0 aliphatic rings. The lowest BCUT2D eigenvalue weighted by Crippen LogP contribution is -2.00. The molecule has 18 heavy (non-hydrogen) atoms. The first kappa shape index (κ1) is 11.7. The summed E-state index contributed by atoms with van der Waals surface area (Å²) in [6.07, 6.45) is 4.76. The monoisotopic (exact) mass is 248 g/mol. The van der Waals surface area contributed by atoms with E-state index in [1.165, 1.54) is 18.5 Å². The van der Waals surface area contributed by atoms with Gasteiger partial charge in [0.05, 0.1) is 22.2 Å². The van der Waals surface area contributed by atoms with Crippen LogP contribution in [0.2, 0.25) is 0 Å². The van der Waals surface area contributed by atoms with E-state index in [2.05, 4.69) is 4.98 Å². The van der Waals surface area contributed by atoms with Crippen LogP contribution >= 0.6 is 0 Å². The summed E-state index contributed by atoms with van der Waals surface area (Å²) in [5.41, 5.74) is -0.104. The molecule has 2 aromatic rings. The normalized spacial score (nSPS) is 10.2. The maximum absolute atomic E-state index is 10.7. The summed E-state index contributed by atoms with van der Waals surface area (Å²) in [5, 5.41) is 21.4. The third-order valence-electron chi connectivity index (χ3n) is 2.31. The van der Waals surface area contributed by atoms with Crippen LogP contribution < -0.4 is 0 Å². The maximum Gasteiger partial charge on any atom is 0.276 e. The van der Waals surface area contributed by atoms with Gasteiger partial charge in [-0.3, -0.25) is 20.2 Å². The van der Waals surface area contributed by atoms with Gasteiger partial charge in [0.1, 0.15) is 0 Å². The van der Waals surface area contributed by atoms with Crippen molar-refractivity contribution in [2.24, 2.45) is 0 Å². The molecule has 0 radical (unpaired) electrons. The smallest absolute Gasteiger partial charge is 0.276 e. The van der Waals surface area contributed by atoms with E-state index < -0.39 is 9.85 Å². The number of aromatic nitrogens is 2. The Morgan fingerprint density at radius 3 is 2.17 bits per heavy atom. The van der Waals surface area contributed by atoms with E-state index in [0.29, 0.717) is 12.1 Å². The Morgan fingerprint density at radius 1 is 1.11 bits per heavy atom. The van der Waals surface area contributed by atoms with Gasteiger partial charge in [0.2, 0.25) is 0 Å². The highest BCUT2D eigenvalue weighted by atomic mass is 16.6. The molecule has 8 nitrogen and oxygen atoms in total. The van der Waals surface area contributed by atoms with Crippen molar-refractivity contribution in [3.05, 3.63) is 62.7 Å². The second kappa shape index (κ2) is 4.62. The van der Waals surface area contributed by atoms with Crippen LogP contribution in [0.3, 0.4) is 0 Å². The van der Waals surface area contributed by atoms with Gasteiger partial charge in [-0.2, -0.15) is 0 Å². The molecule has 1 aromatic carbocycles. The molecule has 0 bridgehead atoms. The van der Waals surface area contributed by atoms with E-state index in [-0.39, 0.29) is 11.4 Å². The van der Waals surface area contributed by atoms with E-state index in [4.69, 9.17) is 0 Å². The minimum absolute atomic E-state index is 0.292. The van der Waals surface area contributed by atoms with Crippen molar-refractivity contribution in [3.63, 3.8) is 0 Å². The third kappa shape index (κ3) is 2.48. The Kier molecular flexibility index (Phi) is 3.00. The van der Waals surface area contributed by atoms with Crippen molar-refractivity contribution < 1.29 is 9.85 Å². The highest BCUT2D eigenvalue weighted by Gasteiger charge is 2.16. The van der Waals surface area contributed by atoms with Crippen LogP contribution in [-0.2, 0) is 6.54 Å². The fourth-order valence-electron chi connectivity index (χ4n) is 1.55. The van der Waals surface area contributed by atoms with Gasteiger partial charge in [-0.15, -0.1) is 0 Å².